The van der Waals surface area contributed by atoms with Crippen molar-refractivity contribution in [2.45, 2.75) is 6.42 Å². The second-order valence-corrected chi connectivity index (χ2v) is 8.72. The van der Waals surface area contributed by atoms with Gasteiger partial charge >= 0.3 is 5.97 Å². The van der Waals surface area contributed by atoms with Gasteiger partial charge in [0.2, 0.25) is 0 Å². The zero-order valence-corrected chi connectivity index (χ0v) is 18.9. The summed E-state index contributed by atoms with van der Waals surface area (Å²) in [5.41, 5.74) is 1.77. The number of halogens is 1. The topological polar surface area (TPSA) is 62.7 Å². The molecule has 0 saturated heterocycles. The van der Waals surface area contributed by atoms with Gasteiger partial charge in [0.1, 0.15) is 0 Å². The number of carbonyl (C=O) groups is 2. The van der Waals surface area contributed by atoms with E-state index in [0.717, 1.165) is 27.7 Å². The van der Waals surface area contributed by atoms with Crippen molar-refractivity contribution in [2.24, 2.45) is 0 Å². The monoisotopic (exact) mass is 475 g/mol. The van der Waals surface area contributed by atoms with Crippen molar-refractivity contribution in [1.29, 1.82) is 0 Å². The molecule has 8 heteroatoms. The molecule has 1 amide bonds. The number of thiazole rings is 1. The smallest absolute Gasteiger partial charge is 0.337 e. The van der Waals surface area contributed by atoms with Crippen LogP contribution >= 0.6 is 27.3 Å². The number of rotatable bonds is 7. The fourth-order valence-electron chi connectivity index (χ4n) is 2.85. The molecule has 0 aliphatic heterocycles. The maximum Gasteiger partial charge on any atom is 0.337 e. The van der Waals surface area contributed by atoms with Gasteiger partial charge in [0.05, 0.1) is 22.9 Å². The number of benzene rings is 2. The maximum atomic E-state index is 13.3. The number of hydrogen-bond donors (Lipinski definition) is 0. The van der Waals surface area contributed by atoms with Gasteiger partial charge in [0.25, 0.3) is 5.91 Å². The lowest BCUT2D eigenvalue weighted by molar-refractivity contribution is 0.0600. The molecule has 0 aliphatic carbocycles. The predicted octanol–water partition coefficient (Wildman–Crippen LogP) is 4.44. The molecule has 3 rings (SSSR count). The van der Waals surface area contributed by atoms with Gasteiger partial charge in [-0.05, 0) is 69.5 Å². The first-order valence-corrected chi connectivity index (χ1v) is 10.7. The molecule has 0 saturated carbocycles. The van der Waals surface area contributed by atoms with Gasteiger partial charge < -0.3 is 9.64 Å². The van der Waals surface area contributed by atoms with Crippen molar-refractivity contribution in [3.63, 3.8) is 0 Å². The first-order valence-electron chi connectivity index (χ1n) is 9.10. The highest BCUT2D eigenvalue weighted by atomic mass is 79.9. The quantitative estimate of drug-likeness (QED) is 0.472. The maximum absolute atomic E-state index is 13.3. The van der Waals surface area contributed by atoms with Crippen LogP contribution in [-0.4, -0.2) is 56.1 Å². The summed E-state index contributed by atoms with van der Waals surface area (Å²) in [6.07, 6.45) is 0.818. The molecule has 0 N–H and O–H groups in total. The fourth-order valence-corrected chi connectivity index (χ4v) is 4.40. The van der Waals surface area contributed by atoms with E-state index in [4.69, 9.17) is 4.74 Å². The summed E-state index contributed by atoms with van der Waals surface area (Å²) < 4.78 is 6.71. The standard InChI is InChI=1S/C21H22BrN3O3S/c1-24(2)11-4-12-25(21-23-17-10-9-16(22)13-18(17)29-21)19(26)14-5-7-15(8-6-14)20(27)28-3/h5-10,13H,4,11-12H2,1-3H3. The molecule has 1 heterocycles. The Balaban J connectivity index is 1.91. The van der Waals surface area contributed by atoms with Crippen LogP contribution in [0.2, 0.25) is 0 Å². The minimum absolute atomic E-state index is 0.140. The largest absolute Gasteiger partial charge is 0.465 e. The molecular weight excluding hydrogens is 454 g/mol. The molecule has 0 atom stereocenters. The molecule has 2 aromatic carbocycles. The molecule has 0 spiro atoms. The van der Waals surface area contributed by atoms with Gasteiger partial charge in [-0.15, -0.1) is 0 Å². The minimum Gasteiger partial charge on any atom is -0.465 e. The van der Waals surface area contributed by atoms with E-state index in [1.165, 1.54) is 18.4 Å². The molecule has 0 unspecified atom stereocenters. The molecule has 0 fully saturated rings. The average molecular weight is 476 g/mol. The van der Waals surface area contributed by atoms with Gasteiger partial charge in [-0.25, -0.2) is 9.78 Å². The number of amides is 1. The van der Waals surface area contributed by atoms with E-state index in [0.29, 0.717) is 22.8 Å². The SMILES string of the molecule is COC(=O)c1ccc(C(=O)N(CCCN(C)C)c2nc3ccc(Br)cc3s2)cc1. The van der Waals surface area contributed by atoms with E-state index in [9.17, 15) is 9.59 Å². The van der Waals surface area contributed by atoms with Crippen LogP contribution in [0.1, 0.15) is 27.1 Å². The normalized spacial score (nSPS) is 11.1. The number of ether oxygens (including phenoxy) is 1. The molecule has 0 radical (unpaired) electrons. The van der Waals surface area contributed by atoms with Crippen LogP contribution in [0.15, 0.2) is 46.9 Å². The lowest BCUT2D eigenvalue weighted by Gasteiger charge is -2.21. The Labute approximate surface area is 182 Å². The van der Waals surface area contributed by atoms with E-state index in [2.05, 4.69) is 25.8 Å². The summed E-state index contributed by atoms with van der Waals surface area (Å²) in [5, 5.41) is 0.666. The highest BCUT2D eigenvalue weighted by Gasteiger charge is 2.21. The van der Waals surface area contributed by atoms with Gasteiger partial charge in [0.15, 0.2) is 5.13 Å². The van der Waals surface area contributed by atoms with Crippen LogP contribution in [0.5, 0.6) is 0 Å². The number of anilines is 1. The summed E-state index contributed by atoms with van der Waals surface area (Å²) in [4.78, 5) is 33.4. The average Bonchev–Trinajstić information content (AvgIpc) is 3.12. The highest BCUT2D eigenvalue weighted by molar-refractivity contribution is 9.10. The minimum atomic E-state index is -0.427. The number of fused-ring (bicyclic) bond motifs is 1. The Morgan fingerprint density at radius 1 is 1.07 bits per heavy atom. The molecule has 29 heavy (non-hydrogen) atoms. The van der Waals surface area contributed by atoms with Crippen LogP contribution in [0.4, 0.5) is 5.13 Å². The Morgan fingerprint density at radius 3 is 2.41 bits per heavy atom. The van der Waals surface area contributed by atoms with E-state index in [-0.39, 0.29) is 5.91 Å². The molecule has 0 aliphatic rings. The third-order valence-electron chi connectivity index (χ3n) is 4.36. The van der Waals surface area contributed by atoms with Crippen molar-refractivity contribution >= 4 is 54.5 Å². The molecule has 6 nitrogen and oxygen atoms in total. The highest BCUT2D eigenvalue weighted by Crippen LogP contribution is 2.31. The van der Waals surface area contributed by atoms with Crippen molar-refractivity contribution in [2.75, 3.05) is 39.2 Å². The zero-order valence-electron chi connectivity index (χ0n) is 16.5. The summed E-state index contributed by atoms with van der Waals surface area (Å²) >= 11 is 4.97. The molecule has 1 aromatic heterocycles. The van der Waals surface area contributed by atoms with Crippen LogP contribution in [0.25, 0.3) is 10.2 Å². The van der Waals surface area contributed by atoms with Crippen molar-refractivity contribution in [3.05, 3.63) is 58.1 Å². The van der Waals surface area contributed by atoms with Crippen LogP contribution < -0.4 is 4.90 Å². The first-order chi connectivity index (χ1) is 13.9. The number of aromatic nitrogens is 1. The predicted molar refractivity (Wildman–Crippen MR) is 120 cm³/mol. The number of nitrogens with zero attached hydrogens (tertiary/aromatic N) is 3. The Bertz CT molecular complexity index is 1020. The second kappa shape index (κ2) is 9.47. The summed E-state index contributed by atoms with van der Waals surface area (Å²) in [5.74, 6) is -0.568. The van der Waals surface area contributed by atoms with Gasteiger partial charge in [0, 0.05) is 16.6 Å². The van der Waals surface area contributed by atoms with E-state index >= 15 is 0 Å². The van der Waals surface area contributed by atoms with Crippen molar-refractivity contribution in [3.8, 4) is 0 Å². The molecule has 152 valence electrons. The van der Waals surface area contributed by atoms with Crippen molar-refractivity contribution in [1.82, 2.24) is 9.88 Å². The fraction of sp³-hybridized carbons (Fsp3) is 0.286. The van der Waals surface area contributed by atoms with Crippen LogP contribution in [0, 0.1) is 0 Å². The first kappa shape index (κ1) is 21.4. The number of carbonyl (C=O) groups excluding carboxylic acids is 2. The lowest BCUT2D eigenvalue weighted by Crippen LogP contribution is -2.33. The number of methoxy groups -OCH3 is 1. The molecule has 3 aromatic rings. The summed E-state index contributed by atoms with van der Waals surface area (Å²) in [6.45, 7) is 1.41. The lowest BCUT2D eigenvalue weighted by atomic mass is 10.1. The van der Waals surface area contributed by atoms with E-state index in [1.807, 2.05) is 32.3 Å². The molecular formula is C21H22BrN3O3S. The zero-order chi connectivity index (χ0) is 21.0. The third-order valence-corrected chi connectivity index (χ3v) is 5.89. The summed E-state index contributed by atoms with van der Waals surface area (Å²) in [7, 11) is 5.35. The molecule has 0 bridgehead atoms. The van der Waals surface area contributed by atoms with E-state index in [1.54, 1.807) is 29.2 Å². The third kappa shape index (κ3) is 5.20. The van der Waals surface area contributed by atoms with Crippen molar-refractivity contribution < 1.29 is 14.3 Å². The Kier molecular flexibility index (Phi) is 7.00. The van der Waals surface area contributed by atoms with Gasteiger partial charge in [-0.1, -0.05) is 27.3 Å². The summed E-state index contributed by atoms with van der Waals surface area (Å²) in [6, 6.07) is 12.4. The van der Waals surface area contributed by atoms with Gasteiger partial charge in [-0.2, -0.15) is 0 Å². The number of esters is 1. The second-order valence-electron chi connectivity index (χ2n) is 6.79. The Hall–Kier alpha value is -2.29. The van der Waals surface area contributed by atoms with Crippen LogP contribution in [0.3, 0.4) is 0 Å². The van der Waals surface area contributed by atoms with E-state index < -0.39 is 5.97 Å². The Morgan fingerprint density at radius 2 is 1.76 bits per heavy atom. The number of hydrogen-bond acceptors (Lipinski definition) is 6. The van der Waals surface area contributed by atoms with Crippen LogP contribution in [-0.2, 0) is 4.74 Å². The van der Waals surface area contributed by atoms with Gasteiger partial charge in [-0.3, -0.25) is 9.69 Å².